The second-order valence-corrected chi connectivity index (χ2v) is 6.87. The van der Waals surface area contributed by atoms with Crippen LogP contribution in [0.5, 0.6) is 0 Å². The van der Waals surface area contributed by atoms with Crippen LogP contribution in [0.25, 0.3) is 11.3 Å². The van der Waals surface area contributed by atoms with Crippen molar-refractivity contribution in [3.8, 4) is 11.3 Å². The van der Waals surface area contributed by atoms with Crippen molar-refractivity contribution < 1.29 is 9.90 Å². The van der Waals surface area contributed by atoms with Crippen molar-refractivity contribution >= 4 is 17.7 Å². The van der Waals surface area contributed by atoms with Crippen molar-refractivity contribution in [1.82, 2.24) is 9.97 Å². The number of carbonyl (C=O) groups is 1. The number of thioether (sulfide) groups is 1. The van der Waals surface area contributed by atoms with Crippen LogP contribution in [0.15, 0.2) is 41.7 Å². The van der Waals surface area contributed by atoms with Crippen LogP contribution in [-0.4, -0.2) is 25.8 Å². The maximum absolute atomic E-state index is 11.3. The molecule has 5 heteroatoms. The van der Waals surface area contributed by atoms with Crippen molar-refractivity contribution in [1.29, 1.82) is 0 Å². The van der Waals surface area contributed by atoms with Gasteiger partial charge in [0.2, 0.25) is 0 Å². The molecule has 0 aliphatic rings. The third-order valence-electron chi connectivity index (χ3n) is 3.19. The van der Waals surface area contributed by atoms with Gasteiger partial charge >= 0.3 is 5.97 Å². The Hall–Kier alpha value is -1.88. The van der Waals surface area contributed by atoms with Gasteiger partial charge in [-0.05, 0) is 25.8 Å². The molecule has 0 fully saturated rings. The van der Waals surface area contributed by atoms with Crippen LogP contribution >= 0.6 is 11.8 Å². The number of nitrogens with zero attached hydrogens (tertiary/aromatic N) is 2. The predicted molar refractivity (Wildman–Crippen MR) is 84.4 cm³/mol. The molecule has 110 valence electrons. The highest BCUT2D eigenvalue weighted by atomic mass is 32.2. The first-order valence-electron chi connectivity index (χ1n) is 6.75. The summed E-state index contributed by atoms with van der Waals surface area (Å²) in [6.07, 6.45) is 4.14. The zero-order valence-electron chi connectivity index (χ0n) is 12.3. The zero-order chi connectivity index (χ0) is 15.5. The third kappa shape index (κ3) is 3.61. The highest BCUT2D eigenvalue weighted by molar-refractivity contribution is 8.01. The number of rotatable bonds is 5. The predicted octanol–water partition coefficient (Wildman–Crippen LogP) is 3.66. The van der Waals surface area contributed by atoms with Gasteiger partial charge in [-0.25, -0.2) is 9.97 Å². The van der Waals surface area contributed by atoms with E-state index in [2.05, 4.69) is 29.0 Å². The lowest BCUT2D eigenvalue weighted by atomic mass is 10.1. The molecule has 21 heavy (non-hydrogen) atoms. The number of hydrogen-bond acceptors (Lipinski definition) is 4. The second kappa shape index (κ2) is 6.26. The third-order valence-corrected chi connectivity index (χ3v) is 4.40. The summed E-state index contributed by atoms with van der Waals surface area (Å²) in [5.74, 6) is -0.858. The summed E-state index contributed by atoms with van der Waals surface area (Å²) in [7, 11) is 0. The van der Waals surface area contributed by atoms with Gasteiger partial charge < -0.3 is 5.11 Å². The van der Waals surface area contributed by atoms with E-state index in [0.717, 1.165) is 22.6 Å². The van der Waals surface area contributed by atoms with Gasteiger partial charge in [-0.3, -0.25) is 4.79 Å². The molecule has 0 unspecified atom stereocenters. The monoisotopic (exact) mass is 302 g/mol. The molecule has 4 nitrogen and oxygen atoms in total. The Labute approximate surface area is 128 Å². The fourth-order valence-electron chi connectivity index (χ4n) is 1.83. The lowest BCUT2D eigenvalue weighted by Gasteiger charge is -2.19. The van der Waals surface area contributed by atoms with Crippen LogP contribution < -0.4 is 0 Å². The number of carboxylic acids is 1. The quantitative estimate of drug-likeness (QED) is 0.854. The minimum atomic E-state index is -0.928. The molecule has 0 spiro atoms. The molecule has 2 aromatic rings. The summed E-state index contributed by atoms with van der Waals surface area (Å²) in [5, 5.41) is 9.27. The fourth-order valence-corrected chi connectivity index (χ4v) is 2.84. The average molecular weight is 302 g/mol. The Morgan fingerprint density at radius 3 is 2.52 bits per heavy atom. The van der Waals surface area contributed by atoms with E-state index in [1.54, 1.807) is 20.0 Å². The molecule has 1 aromatic carbocycles. The fraction of sp³-hybridized carbons (Fsp3) is 0.312. The molecule has 0 aliphatic heterocycles. The first kappa shape index (κ1) is 15.5. The van der Waals surface area contributed by atoms with E-state index >= 15 is 0 Å². The molecule has 0 saturated carbocycles. The molecular formula is C16H18N2O2S. The van der Waals surface area contributed by atoms with E-state index in [9.17, 15) is 9.90 Å². The van der Waals surface area contributed by atoms with Crippen molar-refractivity contribution in [3.05, 3.63) is 42.4 Å². The molecule has 0 saturated heterocycles. The SMILES string of the molecule is CCc1ccc(-c2ncncc2SC(C)(C)C(=O)O)cc1. The normalized spacial score (nSPS) is 11.4. The van der Waals surface area contributed by atoms with Crippen LogP contribution in [0.2, 0.25) is 0 Å². The molecule has 0 bridgehead atoms. The lowest BCUT2D eigenvalue weighted by Crippen LogP contribution is -2.27. The number of hydrogen-bond donors (Lipinski definition) is 1. The standard InChI is InChI=1S/C16H18N2O2S/c1-4-11-5-7-12(8-6-11)14-13(9-17-10-18-14)21-16(2,3)15(19)20/h5-10H,4H2,1-3H3,(H,19,20). The molecule has 0 atom stereocenters. The van der Waals surface area contributed by atoms with E-state index in [0.29, 0.717) is 0 Å². The Balaban J connectivity index is 2.38. The van der Waals surface area contributed by atoms with E-state index < -0.39 is 10.7 Å². The Kier molecular flexibility index (Phi) is 4.63. The van der Waals surface area contributed by atoms with Gasteiger partial charge in [0, 0.05) is 11.8 Å². The van der Waals surface area contributed by atoms with E-state index in [1.807, 2.05) is 12.1 Å². The van der Waals surface area contributed by atoms with Crippen LogP contribution in [0.4, 0.5) is 0 Å². The van der Waals surface area contributed by atoms with Gasteiger partial charge in [-0.15, -0.1) is 11.8 Å². The van der Waals surface area contributed by atoms with E-state index in [4.69, 9.17) is 0 Å². The first-order valence-corrected chi connectivity index (χ1v) is 7.57. The zero-order valence-corrected chi connectivity index (χ0v) is 13.1. The lowest BCUT2D eigenvalue weighted by molar-refractivity contribution is -0.138. The number of aromatic nitrogens is 2. The molecule has 1 N–H and O–H groups in total. The van der Waals surface area contributed by atoms with Crippen molar-refractivity contribution in [2.45, 2.75) is 36.8 Å². The van der Waals surface area contributed by atoms with Gasteiger partial charge in [0.15, 0.2) is 0 Å². The Morgan fingerprint density at radius 1 is 1.29 bits per heavy atom. The maximum atomic E-state index is 11.3. The molecule has 1 heterocycles. The number of carboxylic acid groups (broad SMARTS) is 1. The van der Waals surface area contributed by atoms with Crippen molar-refractivity contribution in [3.63, 3.8) is 0 Å². The van der Waals surface area contributed by atoms with Crippen LogP contribution in [0, 0.1) is 0 Å². The largest absolute Gasteiger partial charge is 0.480 e. The van der Waals surface area contributed by atoms with Gasteiger partial charge in [-0.1, -0.05) is 31.2 Å². The second-order valence-electron chi connectivity index (χ2n) is 5.20. The highest BCUT2D eigenvalue weighted by Crippen LogP contribution is 2.37. The minimum Gasteiger partial charge on any atom is -0.480 e. The summed E-state index contributed by atoms with van der Waals surface area (Å²) in [6, 6.07) is 8.15. The number of benzene rings is 1. The summed E-state index contributed by atoms with van der Waals surface area (Å²) in [5.41, 5.74) is 3.00. The summed E-state index contributed by atoms with van der Waals surface area (Å²) in [4.78, 5) is 20.4. The highest BCUT2D eigenvalue weighted by Gasteiger charge is 2.30. The van der Waals surface area contributed by atoms with Gasteiger partial charge in [0.25, 0.3) is 0 Å². The van der Waals surface area contributed by atoms with Crippen molar-refractivity contribution in [2.75, 3.05) is 0 Å². The van der Waals surface area contributed by atoms with E-state index in [1.165, 1.54) is 23.7 Å². The van der Waals surface area contributed by atoms with Gasteiger partial charge in [0.1, 0.15) is 11.1 Å². The molecule has 1 aromatic heterocycles. The summed E-state index contributed by atoms with van der Waals surface area (Å²) >= 11 is 1.26. The van der Waals surface area contributed by atoms with Gasteiger partial charge in [-0.2, -0.15) is 0 Å². The van der Waals surface area contributed by atoms with Gasteiger partial charge in [0.05, 0.1) is 10.6 Å². The number of aliphatic carboxylic acids is 1. The minimum absolute atomic E-state index is 0.770. The number of aryl methyl sites for hydroxylation is 1. The van der Waals surface area contributed by atoms with Crippen molar-refractivity contribution in [2.24, 2.45) is 0 Å². The first-order chi connectivity index (χ1) is 9.94. The average Bonchev–Trinajstić information content (AvgIpc) is 2.47. The van der Waals surface area contributed by atoms with E-state index in [-0.39, 0.29) is 0 Å². The molecule has 0 amide bonds. The van der Waals surface area contributed by atoms with Crippen LogP contribution in [0.3, 0.4) is 0 Å². The Morgan fingerprint density at radius 2 is 1.95 bits per heavy atom. The summed E-state index contributed by atoms with van der Waals surface area (Å²) in [6.45, 7) is 5.46. The molecule has 2 rings (SSSR count). The summed E-state index contributed by atoms with van der Waals surface area (Å²) < 4.78 is -0.928. The maximum Gasteiger partial charge on any atom is 0.319 e. The van der Waals surface area contributed by atoms with Crippen LogP contribution in [-0.2, 0) is 11.2 Å². The molecular weight excluding hydrogens is 284 g/mol. The molecule has 0 aliphatic carbocycles. The smallest absolute Gasteiger partial charge is 0.319 e. The molecule has 0 radical (unpaired) electrons. The topological polar surface area (TPSA) is 63.1 Å². The Bertz CT molecular complexity index is 639. The van der Waals surface area contributed by atoms with Crippen LogP contribution in [0.1, 0.15) is 26.3 Å².